The Morgan fingerprint density at radius 1 is 1.31 bits per heavy atom. The van der Waals surface area contributed by atoms with Crippen LogP contribution in [0.1, 0.15) is 24.1 Å². The number of carbonyl (C=O) groups excluding carboxylic acids is 1. The van der Waals surface area contributed by atoms with E-state index in [2.05, 4.69) is 4.98 Å². The summed E-state index contributed by atoms with van der Waals surface area (Å²) in [4.78, 5) is 17.8. The number of aromatic nitrogens is 1. The first-order chi connectivity index (χ1) is 13.6. The van der Waals surface area contributed by atoms with Crippen molar-refractivity contribution in [1.29, 1.82) is 0 Å². The van der Waals surface area contributed by atoms with E-state index in [0.29, 0.717) is 34.3 Å². The summed E-state index contributed by atoms with van der Waals surface area (Å²) in [5, 5.41) is 0.387. The van der Waals surface area contributed by atoms with Gasteiger partial charge in [-0.1, -0.05) is 17.7 Å². The number of halogens is 1. The van der Waals surface area contributed by atoms with Gasteiger partial charge in [-0.15, -0.1) is 0 Å². The van der Waals surface area contributed by atoms with Crippen molar-refractivity contribution < 1.29 is 22.7 Å². The molecule has 2 N–H and O–H groups in total. The number of pyridine rings is 1. The molecule has 158 valence electrons. The average Bonchev–Trinajstić information content (AvgIpc) is 2.62. The molecule has 1 heterocycles. The zero-order valence-corrected chi connectivity index (χ0v) is 18.2. The number of hydrogen-bond donors (Lipinski definition) is 1. The normalized spacial score (nSPS) is 12.3. The molecule has 0 bridgehead atoms. The molecule has 8 nitrogen and oxygen atoms in total. The molecule has 0 aliphatic rings. The van der Waals surface area contributed by atoms with Crippen LogP contribution in [0.15, 0.2) is 30.5 Å². The molecular weight excluding hydrogens is 418 g/mol. The summed E-state index contributed by atoms with van der Waals surface area (Å²) in [5.41, 5.74) is 6.73. The number of primary amides is 1. The number of nitrogens with zero attached hydrogens (tertiary/aromatic N) is 2. The Bertz CT molecular complexity index is 997. The third-order valence-corrected chi connectivity index (χ3v) is 5.26. The maximum Gasteiger partial charge on any atom is 0.321 e. The largest absolute Gasteiger partial charge is 0.493 e. The van der Waals surface area contributed by atoms with Crippen LogP contribution in [0.3, 0.4) is 0 Å². The number of ether oxygens (including phenoxy) is 2. The molecule has 1 aromatic carbocycles. The minimum atomic E-state index is -3.50. The molecule has 2 aromatic rings. The summed E-state index contributed by atoms with van der Waals surface area (Å²) < 4.78 is 35.2. The van der Waals surface area contributed by atoms with Gasteiger partial charge in [0.1, 0.15) is 15.7 Å². The van der Waals surface area contributed by atoms with E-state index >= 15 is 0 Å². The smallest absolute Gasteiger partial charge is 0.321 e. The van der Waals surface area contributed by atoms with Gasteiger partial charge < -0.3 is 15.2 Å². The van der Waals surface area contributed by atoms with E-state index in [0.717, 1.165) is 11.2 Å². The highest BCUT2D eigenvalue weighted by Gasteiger charge is 2.31. The van der Waals surface area contributed by atoms with Gasteiger partial charge in [-0.25, -0.2) is 18.2 Å². The van der Waals surface area contributed by atoms with Crippen LogP contribution in [0.25, 0.3) is 0 Å². The molecule has 2 rings (SSSR count). The number of sulfone groups is 1. The summed E-state index contributed by atoms with van der Waals surface area (Å²) in [6, 6.07) is 4.80. The lowest BCUT2D eigenvalue weighted by atomic mass is 10.1. The number of urea groups is 1. The topological polar surface area (TPSA) is 112 Å². The van der Waals surface area contributed by atoms with E-state index in [1.165, 1.54) is 13.3 Å². The Labute approximate surface area is 175 Å². The van der Waals surface area contributed by atoms with Crippen molar-refractivity contribution in [2.75, 3.05) is 30.6 Å². The fraction of sp³-hybridized carbons (Fsp3) is 0.368. The lowest BCUT2D eigenvalue weighted by molar-refractivity contribution is 0.252. The third kappa shape index (κ3) is 5.74. The first-order valence-corrected chi connectivity index (χ1v) is 11.2. The second-order valence-corrected chi connectivity index (χ2v) is 9.08. The Hall–Kier alpha value is -2.52. The van der Waals surface area contributed by atoms with Crippen molar-refractivity contribution in [2.45, 2.75) is 19.9 Å². The van der Waals surface area contributed by atoms with Crippen LogP contribution in [-0.4, -0.2) is 45.2 Å². The maximum atomic E-state index is 12.4. The first-order valence-electron chi connectivity index (χ1n) is 8.76. The van der Waals surface area contributed by atoms with Crippen molar-refractivity contribution in [3.8, 4) is 11.5 Å². The molecule has 0 radical (unpaired) electrons. The molecule has 0 spiro atoms. The third-order valence-electron chi connectivity index (χ3n) is 4.13. The Morgan fingerprint density at radius 2 is 2.00 bits per heavy atom. The van der Waals surface area contributed by atoms with Crippen LogP contribution in [0.4, 0.5) is 10.6 Å². The number of hydrogen-bond acceptors (Lipinski definition) is 6. The molecule has 1 atom stereocenters. The van der Waals surface area contributed by atoms with Gasteiger partial charge in [0, 0.05) is 12.5 Å². The Morgan fingerprint density at radius 3 is 2.52 bits per heavy atom. The molecular formula is C19H24ClN3O5S. The van der Waals surface area contributed by atoms with Gasteiger partial charge in [0.05, 0.1) is 30.5 Å². The molecule has 0 saturated heterocycles. The number of rotatable bonds is 8. The van der Waals surface area contributed by atoms with Gasteiger partial charge >= 0.3 is 6.03 Å². The van der Waals surface area contributed by atoms with Gasteiger partial charge in [-0.3, -0.25) is 4.90 Å². The van der Waals surface area contributed by atoms with Crippen LogP contribution in [-0.2, 0) is 9.84 Å². The number of anilines is 1. The summed E-state index contributed by atoms with van der Waals surface area (Å²) in [7, 11) is -1.99. The quantitative estimate of drug-likeness (QED) is 0.673. The van der Waals surface area contributed by atoms with Gasteiger partial charge in [0.2, 0.25) is 0 Å². The van der Waals surface area contributed by atoms with E-state index < -0.39 is 21.9 Å². The van der Waals surface area contributed by atoms with Crippen molar-refractivity contribution in [1.82, 2.24) is 4.98 Å². The van der Waals surface area contributed by atoms with Crippen molar-refractivity contribution >= 4 is 33.3 Å². The SMILES string of the molecule is CCOc1cc([C@@H](CS(C)(=O)=O)N(C(N)=O)c2ncc(Cl)cc2C)ccc1OC. The molecule has 10 heteroatoms. The van der Waals surface area contributed by atoms with E-state index in [4.69, 9.17) is 26.8 Å². The summed E-state index contributed by atoms with van der Waals surface area (Å²) >= 11 is 5.97. The van der Waals surface area contributed by atoms with Crippen molar-refractivity contribution in [3.63, 3.8) is 0 Å². The zero-order valence-electron chi connectivity index (χ0n) is 16.7. The van der Waals surface area contributed by atoms with Gasteiger partial charge in [-0.2, -0.15) is 0 Å². The molecule has 0 aliphatic carbocycles. The Balaban J connectivity index is 2.67. The van der Waals surface area contributed by atoms with Gasteiger partial charge in [0.15, 0.2) is 11.5 Å². The summed E-state index contributed by atoms with van der Waals surface area (Å²) in [6.45, 7) is 3.91. The fourth-order valence-corrected chi connectivity index (χ4v) is 4.09. The number of aryl methyl sites for hydroxylation is 1. The zero-order chi connectivity index (χ0) is 21.8. The predicted octanol–water partition coefficient (Wildman–Crippen LogP) is 3.12. The fourth-order valence-electron chi connectivity index (χ4n) is 2.97. The Kier molecular flexibility index (Phi) is 7.32. The highest BCUT2D eigenvalue weighted by atomic mass is 35.5. The van der Waals surface area contributed by atoms with Crippen LogP contribution in [0.5, 0.6) is 11.5 Å². The van der Waals surface area contributed by atoms with E-state index in [1.807, 2.05) is 6.92 Å². The number of carbonyl (C=O) groups is 1. The van der Waals surface area contributed by atoms with Crippen LogP contribution >= 0.6 is 11.6 Å². The molecule has 2 amide bonds. The van der Waals surface area contributed by atoms with Crippen molar-refractivity contribution in [2.24, 2.45) is 5.73 Å². The molecule has 0 aliphatic heterocycles. The number of methoxy groups -OCH3 is 1. The van der Waals surface area contributed by atoms with E-state index in [9.17, 15) is 13.2 Å². The maximum absolute atomic E-state index is 12.4. The molecule has 1 aromatic heterocycles. The van der Waals surface area contributed by atoms with Gasteiger partial charge in [-0.05, 0) is 43.2 Å². The molecule has 0 saturated carbocycles. The molecule has 0 unspecified atom stereocenters. The predicted molar refractivity (Wildman–Crippen MR) is 113 cm³/mol. The number of benzene rings is 1. The highest BCUT2D eigenvalue weighted by Crippen LogP contribution is 2.35. The monoisotopic (exact) mass is 441 g/mol. The van der Waals surface area contributed by atoms with E-state index in [-0.39, 0.29) is 11.6 Å². The number of amides is 2. The lowest BCUT2D eigenvalue weighted by Gasteiger charge is -2.31. The standard InChI is InChI=1S/C19H24ClN3O5S/c1-5-28-17-9-13(6-7-16(17)27-3)15(11-29(4,25)26)23(19(21)24)18-12(2)8-14(20)10-22-18/h6-10,15H,5,11H2,1-4H3,(H2,21,24)/t15-/m1/s1. The average molecular weight is 442 g/mol. The first kappa shape index (κ1) is 22.8. The second-order valence-electron chi connectivity index (χ2n) is 6.45. The van der Waals surface area contributed by atoms with Gasteiger partial charge in [0.25, 0.3) is 0 Å². The minimum absolute atomic E-state index is 0.226. The number of nitrogens with two attached hydrogens (primary N) is 1. The lowest BCUT2D eigenvalue weighted by Crippen LogP contribution is -2.42. The summed E-state index contributed by atoms with van der Waals surface area (Å²) in [5.74, 6) is 0.776. The van der Waals surface area contributed by atoms with Crippen molar-refractivity contribution in [3.05, 3.63) is 46.6 Å². The molecule has 29 heavy (non-hydrogen) atoms. The van der Waals surface area contributed by atoms with Crippen LogP contribution < -0.4 is 20.1 Å². The van der Waals surface area contributed by atoms with E-state index in [1.54, 1.807) is 31.2 Å². The minimum Gasteiger partial charge on any atom is -0.493 e. The summed E-state index contributed by atoms with van der Waals surface area (Å²) in [6.07, 6.45) is 2.46. The highest BCUT2D eigenvalue weighted by molar-refractivity contribution is 7.90. The molecule has 0 fully saturated rings. The second kappa shape index (κ2) is 9.32. The van der Waals surface area contributed by atoms with Crippen LogP contribution in [0.2, 0.25) is 5.02 Å². The van der Waals surface area contributed by atoms with Crippen LogP contribution in [0, 0.1) is 6.92 Å².